The molecule has 0 unspecified atom stereocenters. The van der Waals surface area contributed by atoms with Gasteiger partial charge in [0.1, 0.15) is 0 Å². The molecule has 0 aliphatic heterocycles. The van der Waals surface area contributed by atoms with E-state index in [-0.39, 0.29) is 11.9 Å². The molecule has 3 nitrogen and oxygen atoms in total. The topological polar surface area (TPSA) is 32.3 Å². The highest BCUT2D eigenvalue weighted by molar-refractivity contribution is 5.78. The number of hydrogen-bond acceptors (Lipinski definition) is 2. The number of hydrogen-bond donors (Lipinski definition) is 1. The van der Waals surface area contributed by atoms with Crippen molar-refractivity contribution in [3.63, 3.8) is 0 Å². The molecule has 0 saturated heterocycles. The third-order valence-corrected chi connectivity index (χ3v) is 3.54. The number of amides is 1. The Morgan fingerprint density at radius 1 is 1.06 bits per heavy atom. The molecule has 0 saturated carbocycles. The van der Waals surface area contributed by atoms with Gasteiger partial charge < -0.3 is 10.2 Å². The predicted octanol–water partition coefficient (Wildman–Crippen LogP) is 2.37. The number of nitrogens with zero attached hydrogens (tertiary/aromatic N) is 1. The smallest absolute Gasteiger partial charge is 0.236 e. The maximum absolute atomic E-state index is 11.8. The van der Waals surface area contributed by atoms with Gasteiger partial charge in [0, 0.05) is 13.1 Å². The molecule has 0 aromatic heterocycles. The maximum Gasteiger partial charge on any atom is 0.236 e. The van der Waals surface area contributed by atoms with Gasteiger partial charge in [-0.2, -0.15) is 0 Å². The second kappa shape index (κ2) is 7.70. The lowest BCUT2D eigenvalue weighted by molar-refractivity contribution is -0.130. The van der Waals surface area contributed by atoms with Gasteiger partial charge in [-0.1, -0.05) is 27.7 Å². The Kier molecular flexibility index (Phi) is 7.44. The molecule has 0 spiro atoms. The zero-order chi connectivity index (χ0) is 13.6. The summed E-state index contributed by atoms with van der Waals surface area (Å²) in [7, 11) is 1.86. The van der Waals surface area contributed by atoms with E-state index in [1.165, 1.54) is 0 Å². The van der Waals surface area contributed by atoms with Crippen LogP contribution in [0.25, 0.3) is 0 Å². The fraction of sp³-hybridized carbons (Fsp3) is 0.929. The number of carbonyl (C=O) groups is 1. The van der Waals surface area contributed by atoms with Crippen LogP contribution in [-0.2, 0) is 4.79 Å². The monoisotopic (exact) mass is 242 g/mol. The van der Waals surface area contributed by atoms with E-state index in [2.05, 4.69) is 33.0 Å². The average molecular weight is 242 g/mol. The minimum absolute atomic E-state index is 0.172. The Labute approximate surface area is 107 Å². The molecule has 0 aliphatic rings. The van der Waals surface area contributed by atoms with Crippen LogP contribution in [0.3, 0.4) is 0 Å². The lowest BCUT2D eigenvalue weighted by Crippen LogP contribution is -2.41. The standard InChI is InChI=1S/C14H30N2O/c1-10(2)13(11(3)4)8-15-9-14(17)16(7)12(5)6/h10-13,15H,8-9H2,1-7H3. The van der Waals surface area contributed by atoms with Gasteiger partial charge in [0.15, 0.2) is 0 Å². The van der Waals surface area contributed by atoms with E-state index in [4.69, 9.17) is 0 Å². The lowest BCUT2D eigenvalue weighted by atomic mass is 9.85. The summed E-state index contributed by atoms with van der Waals surface area (Å²) in [5.41, 5.74) is 0. The molecule has 0 heterocycles. The molecule has 0 aromatic rings. The van der Waals surface area contributed by atoms with Gasteiger partial charge in [-0.25, -0.2) is 0 Å². The first kappa shape index (κ1) is 16.4. The van der Waals surface area contributed by atoms with Crippen LogP contribution >= 0.6 is 0 Å². The van der Waals surface area contributed by atoms with Gasteiger partial charge in [0.2, 0.25) is 5.91 Å². The number of rotatable bonds is 7. The number of nitrogens with one attached hydrogen (secondary N) is 1. The molecular weight excluding hydrogens is 212 g/mol. The first-order valence-corrected chi connectivity index (χ1v) is 6.73. The molecule has 0 radical (unpaired) electrons. The normalized spacial score (nSPS) is 11.9. The van der Waals surface area contributed by atoms with Crippen molar-refractivity contribution in [1.29, 1.82) is 0 Å². The summed E-state index contributed by atoms with van der Waals surface area (Å²) in [6.45, 7) is 14.4. The average Bonchev–Trinajstić information content (AvgIpc) is 2.21. The summed E-state index contributed by atoms with van der Waals surface area (Å²) < 4.78 is 0. The molecule has 1 amide bonds. The predicted molar refractivity (Wildman–Crippen MR) is 73.9 cm³/mol. The molecule has 17 heavy (non-hydrogen) atoms. The Morgan fingerprint density at radius 2 is 1.53 bits per heavy atom. The van der Waals surface area contributed by atoms with Crippen molar-refractivity contribution in [2.24, 2.45) is 17.8 Å². The minimum Gasteiger partial charge on any atom is -0.342 e. The first-order valence-electron chi connectivity index (χ1n) is 6.73. The van der Waals surface area contributed by atoms with Gasteiger partial charge in [0.05, 0.1) is 6.54 Å². The highest BCUT2D eigenvalue weighted by atomic mass is 16.2. The minimum atomic E-state index is 0.172. The molecule has 0 aliphatic carbocycles. The summed E-state index contributed by atoms with van der Waals surface area (Å²) in [6.07, 6.45) is 0. The summed E-state index contributed by atoms with van der Waals surface area (Å²) in [6, 6.07) is 0.273. The quantitative estimate of drug-likeness (QED) is 0.743. The lowest BCUT2D eigenvalue weighted by Gasteiger charge is -2.26. The molecule has 0 aromatic carbocycles. The van der Waals surface area contributed by atoms with Gasteiger partial charge in [0.25, 0.3) is 0 Å². The van der Waals surface area contributed by atoms with Crippen LogP contribution in [-0.4, -0.2) is 37.0 Å². The Balaban J connectivity index is 4.01. The van der Waals surface area contributed by atoms with Crippen LogP contribution in [0.4, 0.5) is 0 Å². The molecule has 102 valence electrons. The third-order valence-electron chi connectivity index (χ3n) is 3.54. The van der Waals surface area contributed by atoms with E-state index >= 15 is 0 Å². The van der Waals surface area contributed by atoms with Crippen LogP contribution in [0.1, 0.15) is 41.5 Å². The van der Waals surface area contributed by atoms with E-state index in [9.17, 15) is 4.79 Å². The molecule has 0 bridgehead atoms. The SMILES string of the molecule is CC(C)C(CNCC(=O)N(C)C(C)C)C(C)C. The molecule has 0 rings (SSSR count). The molecular formula is C14H30N2O. The van der Waals surface area contributed by atoms with Crippen LogP contribution in [0.5, 0.6) is 0 Å². The Morgan fingerprint density at radius 3 is 1.88 bits per heavy atom. The van der Waals surface area contributed by atoms with Crippen LogP contribution < -0.4 is 5.32 Å². The summed E-state index contributed by atoms with van der Waals surface area (Å²) in [4.78, 5) is 13.6. The molecule has 0 fully saturated rings. The van der Waals surface area contributed by atoms with Crippen molar-refractivity contribution < 1.29 is 4.79 Å². The second-order valence-electron chi connectivity index (χ2n) is 5.88. The van der Waals surface area contributed by atoms with Crippen molar-refractivity contribution in [3.05, 3.63) is 0 Å². The Bertz CT molecular complexity index is 216. The van der Waals surface area contributed by atoms with E-state index < -0.39 is 0 Å². The van der Waals surface area contributed by atoms with Gasteiger partial charge in [-0.15, -0.1) is 0 Å². The van der Waals surface area contributed by atoms with Crippen molar-refractivity contribution in [2.45, 2.75) is 47.6 Å². The van der Waals surface area contributed by atoms with Crippen molar-refractivity contribution in [1.82, 2.24) is 10.2 Å². The summed E-state index contributed by atoms with van der Waals surface area (Å²) in [5.74, 6) is 2.11. The molecule has 3 heteroatoms. The summed E-state index contributed by atoms with van der Waals surface area (Å²) in [5, 5.41) is 3.29. The van der Waals surface area contributed by atoms with Crippen molar-refractivity contribution in [3.8, 4) is 0 Å². The largest absolute Gasteiger partial charge is 0.342 e. The summed E-state index contributed by atoms with van der Waals surface area (Å²) >= 11 is 0. The van der Waals surface area contributed by atoms with Crippen LogP contribution in [0, 0.1) is 17.8 Å². The first-order chi connectivity index (χ1) is 7.77. The van der Waals surface area contributed by atoms with Crippen molar-refractivity contribution >= 4 is 5.91 Å². The molecule has 0 atom stereocenters. The second-order valence-corrected chi connectivity index (χ2v) is 5.88. The number of carbonyl (C=O) groups excluding carboxylic acids is 1. The van der Waals surface area contributed by atoms with E-state index in [1.807, 2.05) is 20.9 Å². The van der Waals surface area contributed by atoms with Crippen molar-refractivity contribution in [2.75, 3.05) is 20.1 Å². The third kappa shape index (κ3) is 6.06. The zero-order valence-corrected chi connectivity index (χ0v) is 12.6. The van der Waals surface area contributed by atoms with Crippen LogP contribution in [0.2, 0.25) is 0 Å². The van der Waals surface area contributed by atoms with Gasteiger partial charge >= 0.3 is 0 Å². The Hall–Kier alpha value is -0.570. The van der Waals surface area contributed by atoms with Gasteiger partial charge in [-0.3, -0.25) is 4.79 Å². The van der Waals surface area contributed by atoms with E-state index in [0.29, 0.717) is 24.3 Å². The fourth-order valence-corrected chi connectivity index (χ4v) is 2.00. The van der Waals surface area contributed by atoms with E-state index in [1.54, 1.807) is 4.90 Å². The van der Waals surface area contributed by atoms with Gasteiger partial charge in [-0.05, 0) is 38.1 Å². The highest BCUT2D eigenvalue weighted by Crippen LogP contribution is 2.19. The maximum atomic E-state index is 11.8. The zero-order valence-electron chi connectivity index (χ0n) is 12.6. The van der Waals surface area contributed by atoms with Crippen LogP contribution in [0.15, 0.2) is 0 Å². The fourth-order valence-electron chi connectivity index (χ4n) is 2.00. The highest BCUT2D eigenvalue weighted by Gasteiger charge is 2.18. The number of likely N-dealkylation sites (N-methyl/N-ethyl adjacent to an activating group) is 1. The molecule has 1 N–H and O–H groups in total. The van der Waals surface area contributed by atoms with E-state index in [0.717, 1.165) is 6.54 Å².